The average molecular weight is 247 g/mol. The van der Waals surface area contributed by atoms with Crippen LogP contribution in [0.2, 0.25) is 0 Å². The highest BCUT2D eigenvalue weighted by molar-refractivity contribution is 5.48. The topological polar surface area (TPSA) is 35.2 Å². The second-order valence-corrected chi connectivity index (χ2v) is 4.01. The SMILES string of the molecule is CCCC(C)Oc1cc(N)cc(C(F)(F)F)c1. The number of hydrogen-bond acceptors (Lipinski definition) is 2. The molecule has 0 heterocycles. The van der Waals surface area contributed by atoms with Crippen LogP contribution in [-0.4, -0.2) is 6.10 Å². The lowest BCUT2D eigenvalue weighted by Crippen LogP contribution is -2.12. The van der Waals surface area contributed by atoms with E-state index in [2.05, 4.69) is 0 Å². The molecular weight excluding hydrogens is 231 g/mol. The molecule has 2 nitrogen and oxygen atoms in total. The molecule has 0 spiro atoms. The first-order valence-corrected chi connectivity index (χ1v) is 5.47. The van der Waals surface area contributed by atoms with Crippen LogP contribution in [0.3, 0.4) is 0 Å². The second kappa shape index (κ2) is 5.29. The van der Waals surface area contributed by atoms with Gasteiger partial charge < -0.3 is 10.5 Å². The molecule has 0 aliphatic rings. The molecule has 1 unspecified atom stereocenters. The lowest BCUT2D eigenvalue weighted by molar-refractivity contribution is -0.137. The van der Waals surface area contributed by atoms with Crippen molar-refractivity contribution < 1.29 is 17.9 Å². The molecular formula is C12H16F3NO. The summed E-state index contributed by atoms with van der Waals surface area (Å²) in [5, 5.41) is 0. The van der Waals surface area contributed by atoms with Gasteiger partial charge in [0, 0.05) is 11.8 Å². The predicted octanol–water partition coefficient (Wildman–Crippen LogP) is 3.86. The van der Waals surface area contributed by atoms with E-state index in [4.69, 9.17) is 10.5 Å². The van der Waals surface area contributed by atoms with Crippen molar-refractivity contribution in [1.29, 1.82) is 0 Å². The van der Waals surface area contributed by atoms with Crippen LogP contribution in [0.1, 0.15) is 32.3 Å². The van der Waals surface area contributed by atoms with Crippen molar-refractivity contribution in [2.75, 3.05) is 5.73 Å². The largest absolute Gasteiger partial charge is 0.491 e. The van der Waals surface area contributed by atoms with Gasteiger partial charge in [-0.25, -0.2) is 0 Å². The van der Waals surface area contributed by atoms with Gasteiger partial charge in [-0.3, -0.25) is 0 Å². The normalized spacial score (nSPS) is 13.5. The van der Waals surface area contributed by atoms with Crippen LogP contribution in [-0.2, 0) is 6.18 Å². The van der Waals surface area contributed by atoms with Crippen LogP contribution in [0.5, 0.6) is 5.75 Å². The maximum atomic E-state index is 12.5. The van der Waals surface area contributed by atoms with Gasteiger partial charge in [0.15, 0.2) is 0 Å². The van der Waals surface area contributed by atoms with Crippen molar-refractivity contribution in [3.8, 4) is 5.75 Å². The average Bonchev–Trinajstić information content (AvgIpc) is 2.15. The quantitative estimate of drug-likeness (QED) is 0.820. The number of rotatable bonds is 4. The zero-order valence-corrected chi connectivity index (χ0v) is 9.84. The lowest BCUT2D eigenvalue weighted by atomic mass is 10.1. The molecule has 1 aromatic rings. The van der Waals surface area contributed by atoms with Gasteiger partial charge in [0.05, 0.1) is 11.7 Å². The summed E-state index contributed by atoms with van der Waals surface area (Å²) in [4.78, 5) is 0. The van der Waals surface area contributed by atoms with Gasteiger partial charge in [0.2, 0.25) is 0 Å². The number of ether oxygens (including phenoxy) is 1. The minimum Gasteiger partial charge on any atom is -0.491 e. The van der Waals surface area contributed by atoms with E-state index in [1.807, 2.05) is 13.8 Å². The summed E-state index contributed by atoms with van der Waals surface area (Å²) in [6.07, 6.45) is -2.82. The lowest BCUT2D eigenvalue weighted by Gasteiger charge is -2.16. The van der Waals surface area contributed by atoms with Crippen molar-refractivity contribution in [3.63, 3.8) is 0 Å². The first-order valence-electron chi connectivity index (χ1n) is 5.47. The molecule has 0 saturated carbocycles. The molecule has 0 aliphatic heterocycles. The Kier molecular flexibility index (Phi) is 4.26. The molecule has 0 saturated heterocycles. The molecule has 1 rings (SSSR count). The summed E-state index contributed by atoms with van der Waals surface area (Å²) < 4.78 is 43.0. The van der Waals surface area contributed by atoms with Crippen LogP contribution in [0, 0.1) is 0 Å². The van der Waals surface area contributed by atoms with Crippen molar-refractivity contribution in [3.05, 3.63) is 23.8 Å². The van der Waals surface area contributed by atoms with Crippen molar-refractivity contribution in [2.45, 2.75) is 39.0 Å². The van der Waals surface area contributed by atoms with Gasteiger partial charge in [-0.15, -0.1) is 0 Å². The Morgan fingerprint density at radius 3 is 2.47 bits per heavy atom. The smallest absolute Gasteiger partial charge is 0.416 e. The molecule has 0 aliphatic carbocycles. The zero-order valence-electron chi connectivity index (χ0n) is 9.84. The van der Waals surface area contributed by atoms with E-state index in [1.165, 1.54) is 6.07 Å². The molecule has 1 atom stereocenters. The summed E-state index contributed by atoms with van der Waals surface area (Å²) >= 11 is 0. The van der Waals surface area contributed by atoms with Gasteiger partial charge in [-0.1, -0.05) is 13.3 Å². The molecule has 0 radical (unpaired) electrons. The van der Waals surface area contributed by atoms with Crippen LogP contribution >= 0.6 is 0 Å². The van der Waals surface area contributed by atoms with Gasteiger partial charge in [-0.05, 0) is 25.5 Å². The van der Waals surface area contributed by atoms with Gasteiger partial charge >= 0.3 is 6.18 Å². The Morgan fingerprint density at radius 2 is 1.94 bits per heavy atom. The summed E-state index contributed by atoms with van der Waals surface area (Å²) in [6.45, 7) is 3.81. The fourth-order valence-corrected chi connectivity index (χ4v) is 1.55. The number of anilines is 1. The monoisotopic (exact) mass is 247 g/mol. The first-order chi connectivity index (χ1) is 7.82. The highest BCUT2D eigenvalue weighted by atomic mass is 19.4. The number of benzene rings is 1. The molecule has 2 N–H and O–H groups in total. The summed E-state index contributed by atoms with van der Waals surface area (Å²) in [5.41, 5.74) is 4.70. The standard InChI is InChI=1S/C12H16F3NO/c1-3-4-8(2)17-11-6-9(12(13,14)15)5-10(16)7-11/h5-8H,3-4,16H2,1-2H3. The first kappa shape index (κ1) is 13.7. The molecule has 96 valence electrons. The maximum Gasteiger partial charge on any atom is 0.416 e. The third-order valence-corrected chi connectivity index (χ3v) is 2.29. The Bertz CT molecular complexity index is 377. The molecule has 0 amide bonds. The fourth-order valence-electron chi connectivity index (χ4n) is 1.55. The predicted molar refractivity (Wildman–Crippen MR) is 60.9 cm³/mol. The second-order valence-electron chi connectivity index (χ2n) is 4.01. The van der Waals surface area contributed by atoms with Crippen molar-refractivity contribution in [2.24, 2.45) is 0 Å². The zero-order chi connectivity index (χ0) is 13.1. The van der Waals surface area contributed by atoms with Gasteiger partial charge in [0.1, 0.15) is 5.75 Å². The summed E-state index contributed by atoms with van der Waals surface area (Å²) in [7, 11) is 0. The highest BCUT2D eigenvalue weighted by Gasteiger charge is 2.31. The number of nitrogens with two attached hydrogens (primary N) is 1. The van der Waals surface area contributed by atoms with Gasteiger partial charge in [0.25, 0.3) is 0 Å². The Morgan fingerprint density at radius 1 is 1.29 bits per heavy atom. The minimum absolute atomic E-state index is 0.0542. The Balaban J connectivity index is 2.90. The molecule has 0 fully saturated rings. The van der Waals surface area contributed by atoms with E-state index >= 15 is 0 Å². The highest BCUT2D eigenvalue weighted by Crippen LogP contribution is 2.33. The Labute approximate surface area is 98.6 Å². The van der Waals surface area contributed by atoms with E-state index in [9.17, 15) is 13.2 Å². The molecule has 1 aromatic carbocycles. The number of alkyl halides is 3. The van der Waals surface area contributed by atoms with Crippen molar-refractivity contribution >= 4 is 5.69 Å². The third-order valence-electron chi connectivity index (χ3n) is 2.29. The summed E-state index contributed by atoms with van der Waals surface area (Å²) in [5.74, 6) is 0.165. The van der Waals surface area contributed by atoms with E-state index in [-0.39, 0.29) is 17.5 Å². The van der Waals surface area contributed by atoms with Crippen molar-refractivity contribution in [1.82, 2.24) is 0 Å². The number of hydrogen-bond donors (Lipinski definition) is 1. The Hall–Kier alpha value is -1.39. The third kappa shape index (κ3) is 4.17. The van der Waals surface area contributed by atoms with Crippen LogP contribution in [0.25, 0.3) is 0 Å². The van der Waals surface area contributed by atoms with E-state index in [1.54, 1.807) is 0 Å². The minimum atomic E-state index is -4.40. The van der Waals surface area contributed by atoms with Crippen LogP contribution < -0.4 is 10.5 Å². The molecule has 0 aromatic heterocycles. The van der Waals surface area contributed by atoms with Crippen LogP contribution in [0.15, 0.2) is 18.2 Å². The number of halogens is 3. The summed E-state index contributed by atoms with van der Waals surface area (Å²) in [6, 6.07) is 3.28. The molecule has 0 bridgehead atoms. The van der Waals surface area contributed by atoms with Gasteiger partial charge in [-0.2, -0.15) is 13.2 Å². The fraction of sp³-hybridized carbons (Fsp3) is 0.500. The maximum absolute atomic E-state index is 12.5. The van der Waals surface area contributed by atoms with E-state index < -0.39 is 11.7 Å². The molecule has 5 heteroatoms. The van der Waals surface area contributed by atoms with E-state index in [0.29, 0.717) is 0 Å². The van der Waals surface area contributed by atoms with E-state index in [0.717, 1.165) is 25.0 Å². The number of nitrogen functional groups attached to an aromatic ring is 1. The molecule has 17 heavy (non-hydrogen) atoms. The van der Waals surface area contributed by atoms with Crippen LogP contribution in [0.4, 0.5) is 18.9 Å².